The van der Waals surface area contributed by atoms with Crippen LogP contribution >= 0.6 is 23.2 Å². The Morgan fingerprint density at radius 2 is 2.00 bits per heavy atom. The van der Waals surface area contributed by atoms with E-state index in [1.54, 1.807) is 16.8 Å². The first-order chi connectivity index (χ1) is 6.66. The summed E-state index contributed by atoms with van der Waals surface area (Å²) in [6, 6.07) is 7.30. The molecule has 0 saturated carbocycles. The van der Waals surface area contributed by atoms with Gasteiger partial charge in [-0.2, -0.15) is 5.10 Å². The first-order valence-electron chi connectivity index (χ1n) is 4.12. The number of halogens is 2. The molecule has 0 atom stereocenters. The quantitative estimate of drug-likeness (QED) is 0.730. The first kappa shape index (κ1) is 9.56. The number of nitrogens with zero attached hydrogens (tertiary/aromatic N) is 2. The lowest BCUT2D eigenvalue weighted by atomic mass is 10.1. The normalized spacial score (nSPS) is 10.5. The Kier molecular flexibility index (Phi) is 2.48. The van der Waals surface area contributed by atoms with Crippen molar-refractivity contribution in [3.05, 3.63) is 40.5 Å². The third-order valence-corrected chi connectivity index (χ3v) is 2.47. The van der Waals surface area contributed by atoms with Gasteiger partial charge in [0.15, 0.2) is 0 Å². The molecule has 0 aliphatic heterocycles. The summed E-state index contributed by atoms with van der Waals surface area (Å²) < 4.78 is 1.74. The van der Waals surface area contributed by atoms with Crippen LogP contribution in [0.3, 0.4) is 0 Å². The predicted molar refractivity (Wildman–Crippen MR) is 58.7 cm³/mol. The molecule has 72 valence electrons. The second kappa shape index (κ2) is 3.64. The summed E-state index contributed by atoms with van der Waals surface area (Å²) in [5.74, 6) is 0. The maximum atomic E-state index is 6.04. The molecule has 14 heavy (non-hydrogen) atoms. The molecule has 0 fully saturated rings. The van der Waals surface area contributed by atoms with E-state index in [-0.39, 0.29) is 0 Å². The summed E-state index contributed by atoms with van der Waals surface area (Å²) >= 11 is 11.8. The molecule has 0 N–H and O–H groups in total. The second-order valence-corrected chi connectivity index (χ2v) is 3.84. The van der Waals surface area contributed by atoms with Crippen molar-refractivity contribution < 1.29 is 0 Å². The van der Waals surface area contributed by atoms with Crippen LogP contribution in [0.4, 0.5) is 0 Å². The highest BCUT2D eigenvalue weighted by Crippen LogP contribution is 2.28. The van der Waals surface area contributed by atoms with E-state index in [9.17, 15) is 0 Å². The fourth-order valence-corrected chi connectivity index (χ4v) is 1.76. The van der Waals surface area contributed by atoms with E-state index in [0.29, 0.717) is 10.0 Å². The maximum Gasteiger partial charge on any atom is 0.0937 e. The van der Waals surface area contributed by atoms with Crippen molar-refractivity contribution in [1.29, 1.82) is 0 Å². The van der Waals surface area contributed by atoms with Gasteiger partial charge in [-0.1, -0.05) is 23.2 Å². The molecule has 0 amide bonds. The number of aryl methyl sites for hydroxylation is 1. The van der Waals surface area contributed by atoms with Crippen LogP contribution in [0.2, 0.25) is 10.0 Å². The third-order valence-electron chi connectivity index (χ3n) is 1.92. The maximum absolute atomic E-state index is 6.04. The predicted octanol–water partition coefficient (Wildman–Crippen LogP) is 3.39. The summed E-state index contributed by atoms with van der Waals surface area (Å²) in [6.45, 7) is 0. The van der Waals surface area contributed by atoms with E-state index < -0.39 is 0 Å². The lowest BCUT2D eigenvalue weighted by molar-refractivity contribution is 0.771. The molecule has 2 nitrogen and oxygen atoms in total. The second-order valence-electron chi connectivity index (χ2n) is 3.00. The summed E-state index contributed by atoms with van der Waals surface area (Å²) in [4.78, 5) is 0. The van der Waals surface area contributed by atoms with Crippen LogP contribution in [0.15, 0.2) is 30.5 Å². The van der Waals surface area contributed by atoms with E-state index in [0.717, 1.165) is 11.3 Å². The Labute approximate surface area is 92.1 Å². The molecule has 0 unspecified atom stereocenters. The monoisotopic (exact) mass is 226 g/mol. The number of hydrogen-bond acceptors (Lipinski definition) is 1. The average molecular weight is 227 g/mol. The first-order valence-corrected chi connectivity index (χ1v) is 4.87. The smallest absolute Gasteiger partial charge is 0.0937 e. The molecule has 2 aromatic rings. The topological polar surface area (TPSA) is 17.8 Å². The highest BCUT2D eigenvalue weighted by atomic mass is 35.5. The van der Waals surface area contributed by atoms with Crippen molar-refractivity contribution in [1.82, 2.24) is 9.78 Å². The van der Waals surface area contributed by atoms with Crippen molar-refractivity contribution in [2.45, 2.75) is 0 Å². The van der Waals surface area contributed by atoms with Crippen LogP contribution in [0.5, 0.6) is 0 Å². The van der Waals surface area contributed by atoms with E-state index >= 15 is 0 Å². The zero-order valence-corrected chi connectivity index (χ0v) is 9.05. The average Bonchev–Trinajstić information content (AvgIpc) is 2.51. The SMILES string of the molecule is Cn1ccc(-c2ccc(Cl)cc2Cl)n1. The molecule has 0 aliphatic rings. The van der Waals surface area contributed by atoms with Crippen molar-refractivity contribution >= 4 is 23.2 Å². The van der Waals surface area contributed by atoms with Crippen LogP contribution in [0.25, 0.3) is 11.3 Å². The van der Waals surface area contributed by atoms with Crippen LogP contribution < -0.4 is 0 Å². The Balaban J connectivity index is 2.52. The fraction of sp³-hybridized carbons (Fsp3) is 0.100. The van der Waals surface area contributed by atoms with Gasteiger partial charge >= 0.3 is 0 Å². The number of benzene rings is 1. The molecule has 1 heterocycles. The van der Waals surface area contributed by atoms with Crippen LogP contribution in [-0.4, -0.2) is 9.78 Å². The molecule has 0 aliphatic carbocycles. The van der Waals surface area contributed by atoms with Crippen LogP contribution in [0.1, 0.15) is 0 Å². The highest BCUT2D eigenvalue weighted by Gasteiger charge is 2.06. The minimum atomic E-state index is 0.621. The van der Waals surface area contributed by atoms with E-state index in [1.807, 2.05) is 25.4 Å². The van der Waals surface area contributed by atoms with Gasteiger partial charge in [0, 0.05) is 23.8 Å². The van der Waals surface area contributed by atoms with Gasteiger partial charge in [0.2, 0.25) is 0 Å². The molecule has 0 spiro atoms. The van der Waals surface area contributed by atoms with Crippen molar-refractivity contribution in [2.24, 2.45) is 7.05 Å². The van der Waals surface area contributed by atoms with Crippen LogP contribution in [0, 0.1) is 0 Å². The minimum absolute atomic E-state index is 0.621. The van der Waals surface area contributed by atoms with E-state index in [2.05, 4.69) is 5.10 Å². The third kappa shape index (κ3) is 1.76. The number of hydrogen-bond donors (Lipinski definition) is 0. The van der Waals surface area contributed by atoms with E-state index in [1.165, 1.54) is 0 Å². The molecule has 0 bridgehead atoms. The lowest BCUT2D eigenvalue weighted by Crippen LogP contribution is -1.88. The zero-order valence-electron chi connectivity index (χ0n) is 7.54. The number of rotatable bonds is 1. The summed E-state index contributed by atoms with van der Waals surface area (Å²) in [5, 5.41) is 5.52. The summed E-state index contributed by atoms with van der Waals surface area (Å²) in [5.41, 5.74) is 1.76. The standard InChI is InChI=1S/C10H8Cl2N2/c1-14-5-4-10(13-14)8-3-2-7(11)6-9(8)12/h2-6H,1H3. The van der Waals surface area contributed by atoms with Gasteiger partial charge in [-0.3, -0.25) is 4.68 Å². The lowest BCUT2D eigenvalue weighted by Gasteiger charge is -2.00. The molecular formula is C10H8Cl2N2. The van der Waals surface area contributed by atoms with E-state index in [4.69, 9.17) is 23.2 Å². The zero-order chi connectivity index (χ0) is 10.1. The highest BCUT2D eigenvalue weighted by molar-refractivity contribution is 6.36. The Bertz CT molecular complexity index is 463. The van der Waals surface area contributed by atoms with Gasteiger partial charge in [0.1, 0.15) is 0 Å². The molecule has 1 aromatic carbocycles. The minimum Gasteiger partial charge on any atom is -0.275 e. The fourth-order valence-electron chi connectivity index (χ4n) is 1.26. The molecule has 0 saturated heterocycles. The molecule has 4 heteroatoms. The molecule has 1 aromatic heterocycles. The van der Waals surface area contributed by atoms with Gasteiger partial charge in [0.25, 0.3) is 0 Å². The largest absolute Gasteiger partial charge is 0.275 e. The Hall–Kier alpha value is -0.990. The molecule has 0 radical (unpaired) electrons. The van der Waals surface area contributed by atoms with Crippen molar-refractivity contribution in [3.63, 3.8) is 0 Å². The van der Waals surface area contributed by atoms with Crippen molar-refractivity contribution in [2.75, 3.05) is 0 Å². The van der Waals surface area contributed by atoms with Gasteiger partial charge in [-0.15, -0.1) is 0 Å². The molecule has 2 rings (SSSR count). The number of aromatic nitrogens is 2. The summed E-state index contributed by atoms with van der Waals surface area (Å²) in [7, 11) is 1.87. The van der Waals surface area contributed by atoms with Crippen molar-refractivity contribution in [3.8, 4) is 11.3 Å². The van der Waals surface area contributed by atoms with Crippen LogP contribution in [-0.2, 0) is 7.05 Å². The van der Waals surface area contributed by atoms with Gasteiger partial charge in [-0.25, -0.2) is 0 Å². The summed E-state index contributed by atoms with van der Waals surface area (Å²) in [6.07, 6.45) is 1.88. The molecular weight excluding hydrogens is 219 g/mol. The van der Waals surface area contributed by atoms with Gasteiger partial charge < -0.3 is 0 Å². The van der Waals surface area contributed by atoms with Gasteiger partial charge in [-0.05, 0) is 24.3 Å². The Morgan fingerprint density at radius 3 is 2.57 bits per heavy atom. The Morgan fingerprint density at radius 1 is 1.21 bits per heavy atom. The van der Waals surface area contributed by atoms with Gasteiger partial charge in [0.05, 0.1) is 10.7 Å².